The van der Waals surface area contributed by atoms with E-state index < -0.39 is 0 Å². The van der Waals surface area contributed by atoms with Crippen LogP contribution in [0.1, 0.15) is 67.9 Å². The van der Waals surface area contributed by atoms with Crippen LogP contribution in [0.4, 0.5) is 0 Å². The van der Waals surface area contributed by atoms with E-state index in [9.17, 15) is 9.59 Å². The van der Waals surface area contributed by atoms with Gasteiger partial charge in [0.25, 0.3) is 11.5 Å². The molecule has 1 N–H and O–H groups in total. The Kier molecular flexibility index (Phi) is 4.04. The van der Waals surface area contributed by atoms with Gasteiger partial charge in [-0.05, 0) is 37.8 Å². The van der Waals surface area contributed by atoms with Gasteiger partial charge in [0.15, 0.2) is 11.3 Å². The summed E-state index contributed by atoms with van der Waals surface area (Å²) in [6.07, 6.45) is 10.3. The first-order chi connectivity index (χ1) is 11.7. The summed E-state index contributed by atoms with van der Waals surface area (Å²) in [6, 6.07) is 3.90. The van der Waals surface area contributed by atoms with Crippen molar-refractivity contribution in [1.29, 1.82) is 0 Å². The van der Waals surface area contributed by atoms with Gasteiger partial charge in [0.05, 0.1) is 0 Å². The molecule has 24 heavy (non-hydrogen) atoms. The van der Waals surface area contributed by atoms with Crippen molar-refractivity contribution in [3.8, 4) is 0 Å². The quantitative estimate of drug-likeness (QED) is 0.880. The van der Waals surface area contributed by atoms with E-state index in [1.165, 1.54) is 12.8 Å². The molecule has 6 nitrogen and oxygen atoms in total. The smallest absolute Gasteiger partial charge is 0.284 e. The molecule has 126 valence electrons. The molecule has 0 radical (unpaired) electrons. The van der Waals surface area contributed by atoms with E-state index in [1.807, 2.05) is 6.07 Å². The van der Waals surface area contributed by atoms with E-state index in [1.54, 1.807) is 16.8 Å². The van der Waals surface area contributed by atoms with Gasteiger partial charge in [-0.25, -0.2) is 9.97 Å². The molecule has 0 saturated heterocycles. The van der Waals surface area contributed by atoms with Crippen LogP contribution >= 0.6 is 0 Å². The summed E-state index contributed by atoms with van der Waals surface area (Å²) in [7, 11) is 0. The number of amides is 1. The number of nitrogens with one attached hydrogen (secondary N) is 1. The Balaban J connectivity index is 1.69. The molecule has 2 aromatic rings. The highest BCUT2D eigenvalue weighted by molar-refractivity contribution is 5.93. The van der Waals surface area contributed by atoms with Gasteiger partial charge in [0.1, 0.15) is 5.52 Å². The highest BCUT2D eigenvalue weighted by Gasteiger charge is 2.30. The lowest BCUT2D eigenvalue weighted by molar-refractivity contribution is 0.0926. The molecular formula is C18H22N4O2. The van der Waals surface area contributed by atoms with E-state index >= 15 is 0 Å². The number of hydrogen-bond donors (Lipinski definition) is 1. The predicted octanol–water partition coefficient (Wildman–Crippen LogP) is 2.58. The minimum Gasteiger partial charge on any atom is -0.348 e. The Hall–Kier alpha value is -2.24. The second kappa shape index (κ2) is 6.34. The van der Waals surface area contributed by atoms with Crippen LogP contribution in [0.25, 0.3) is 11.2 Å². The summed E-state index contributed by atoms with van der Waals surface area (Å²) in [6.45, 7) is 0. The van der Waals surface area contributed by atoms with Gasteiger partial charge in [-0.2, -0.15) is 0 Å². The molecule has 2 aromatic heterocycles. The fraction of sp³-hybridized carbons (Fsp3) is 0.556. The average Bonchev–Trinajstić information content (AvgIpc) is 3.42. The first-order valence-electron chi connectivity index (χ1n) is 8.92. The van der Waals surface area contributed by atoms with Gasteiger partial charge < -0.3 is 5.32 Å². The van der Waals surface area contributed by atoms with Crippen molar-refractivity contribution in [3.63, 3.8) is 0 Å². The second-order valence-corrected chi connectivity index (χ2v) is 6.87. The number of carbonyl (C=O) groups is 1. The number of carbonyl (C=O) groups excluding carboxylic acids is 1. The number of pyridine rings is 1. The summed E-state index contributed by atoms with van der Waals surface area (Å²) < 4.78 is 1.66. The fourth-order valence-corrected chi connectivity index (χ4v) is 3.54. The van der Waals surface area contributed by atoms with Crippen molar-refractivity contribution >= 4 is 17.1 Å². The molecule has 0 aromatic carbocycles. The summed E-state index contributed by atoms with van der Waals surface area (Å²) in [5, 5.41) is 3.03. The van der Waals surface area contributed by atoms with Crippen LogP contribution < -0.4 is 10.9 Å². The largest absolute Gasteiger partial charge is 0.348 e. The molecule has 0 aliphatic heterocycles. The van der Waals surface area contributed by atoms with Crippen molar-refractivity contribution in [2.24, 2.45) is 0 Å². The summed E-state index contributed by atoms with van der Waals surface area (Å²) in [4.78, 5) is 34.1. The molecule has 2 aliphatic carbocycles. The zero-order valence-electron chi connectivity index (χ0n) is 13.7. The highest BCUT2D eigenvalue weighted by Crippen LogP contribution is 2.35. The van der Waals surface area contributed by atoms with Gasteiger partial charge in [0, 0.05) is 18.3 Å². The maximum atomic E-state index is 12.8. The van der Waals surface area contributed by atoms with Gasteiger partial charge in [-0.3, -0.25) is 14.2 Å². The number of aromatic nitrogens is 3. The van der Waals surface area contributed by atoms with Crippen molar-refractivity contribution < 1.29 is 4.79 Å². The van der Waals surface area contributed by atoms with E-state index in [2.05, 4.69) is 15.3 Å². The molecule has 2 fully saturated rings. The Morgan fingerprint density at radius 2 is 1.88 bits per heavy atom. The summed E-state index contributed by atoms with van der Waals surface area (Å²) in [5.74, 6) is -0.341. The summed E-state index contributed by atoms with van der Waals surface area (Å²) in [5.41, 5.74) is 0.882. The Bertz CT molecular complexity index is 817. The number of nitrogens with zero attached hydrogens (tertiary/aromatic N) is 3. The third-order valence-corrected chi connectivity index (χ3v) is 4.97. The Morgan fingerprint density at radius 1 is 1.12 bits per heavy atom. The first-order valence-corrected chi connectivity index (χ1v) is 8.92. The molecule has 0 unspecified atom stereocenters. The zero-order valence-corrected chi connectivity index (χ0v) is 13.7. The van der Waals surface area contributed by atoms with Crippen molar-refractivity contribution in [2.75, 3.05) is 0 Å². The second-order valence-electron chi connectivity index (χ2n) is 6.87. The molecule has 2 heterocycles. The highest BCUT2D eigenvalue weighted by atomic mass is 16.2. The first kappa shape index (κ1) is 15.3. The predicted molar refractivity (Wildman–Crippen MR) is 91.0 cm³/mol. The van der Waals surface area contributed by atoms with Crippen LogP contribution in [0.15, 0.2) is 23.1 Å². The molecule has 2 aliphatic rings. The van der Waals surface area contributed by atoms with E-state index in [0.717, 1.165) is 38.5 Å². The molecule has 0 atom stereocenters. The average molecular weight is 326 g/mol. The molecule has 6 heteroatoms. The SMILES string of the molecule is O=C(NC1CCCCCC1)c1nc2cccnc2n(C2CC2)c1=O. The van der Waals surface area contributed by atoms with Gasteiger partial charge in [-0.1, -0.05) is 25.7 Å². The van der Waals surface area contributed by atoms with Crippen LogP contribution in [0.2, 0.25) is 0 Å². The minimum atomic E-state index is -0.341. The zero-order chi connectivity index (χ0) is 16.5. The van der Waals surface area contributed by atoms with E-state index in [4.69, 9.17) is 0 Å². The maximum absolute atomic E-state index is 12.8. The van der Waals surface area contributed by atoms with Crippen molar-refractivity contribution in [3.05, 3.63) is 34.4 Å². The van der Waals surface area contributed by atoms with Crippen LogP contribution in [-0.2, 0) is 0 Å². The standard InChI is InChI=1S/C18H22N4O2/c23-17(20-12-6-3-1-2-4-7-12)15-18(24)22(13-9-10-13)16-14(21-15)8-5-11-19-16/h5,8,11-13H,1-4,6-7,9-10H2,(H,20,23). The van der Waals surface area contributed by atoms with Gasteiger partial charge in [0.2, 0.25) is 0 Å². The summed E-state index contributed by atoms with van der Waals surface area (Å²) >= 11 is 0. The Labute approximate surface area is 140 Å². The lowest BCUT2D eigenvalue weighted by Crippen LogP contribution is -2.39. The molecule has 0 spiro atoms. The molecular weight excluding hydrogens is 304 g/mol. The van der Waals surface area contributed by atoms with E-state index in [-0.39, 0.29) is 29.2 Å². The van der Waals surface area contributed by atoms with E-state index in [0.29, 0.717) is 11.2 Å². The maximum Gasteiger partial charge on any atom is 0.284 e. The van der Waals surface area contributed by atoms with Gasteiger partial charge in [-0.15, -0.1) is 0 Å². The fourth-order valence-electron chi connectivity index (χ4n) is 3.54. The number of rotatable bonds is 3. The van der Waals surface area contributed by atoms with Crippen molar-refractivity contribution in [2.45, 2.75) is 63.5 Å². The van der Waals surface area contributed by atoms with Crippen LogP contribution in [-0.4, -0.2) is 26.5 Å². The molecule has 0 bridgehead atoms. The topological polar surface area (TPSA) is 76.9 Å². The van der Waals surface area contributed by atoms with Crippen LogP contribution in [0.5, 0.6) is 0 Å². The van der Waals surface area contributed by atoms with Crippen LogP contribution in [0.3, 0.4) is 0 Å². The van der Waals surface area contributed by atoms with Crippen LogP contribution in [0, 0.1) is 0 Å². The lowest BCUT2D eigenvalue weighted by atomic mass is 10.1. The Morgan fingerprint density at radius 3 is 2.58 bits per heavy atom. The third kappa shape index (κ3) is 2.92. The normalized spacial score (nSPS) is 19.2. The van der Waals surface area contributed by atoms with Crippen molar-refractivity contribution in [1.82, 2.24) is 19.9 Å². The number of fused-ring (bicyclic) bond motifs is 1. The third-order valence-electron chi connectivity index (χ3n) is 4.97. The monoisotopic (exact) mass is 326 g/mol. The minimum absolute atomic E-state index is 0.00615. The van der Waals surface area contributed by atoms with Gasteiger partial charge >= 0.3 is 0 Å². The molecule has 4 rings (SSSR count). The molecule has 2 saturated carbocycles. The molecule has 1 amide bonds. The number of hydrogen-bond acceptors (Lipinski definition) is 4. The lowest BCUT2D eigenvalue weighted by Gasteiger charge is -2.16.